The summed E-state index contributed by atoms with van der Waals surface area (Å²) in [7, 11) is 3.90. The number of H-pyrrole nitrogens is 2. The minimum absolute atomic E-state index is 0.278. The molecule has 8 nitrogen and oxygen atoms in total. The number of hydrogen-bond donors (Lipinski definition) is 2. The van der Waals surface area contributed by atoms with Crippen molar-refractivity contribution in [1.29, 1.82) is 0 Å². The second kappa shape index (κ2) is 8.09. The lowest BCUT2D eigenvalue weighted by molar-refractivity contribution is 0.578. The highest BCUT2D eigenvalue weighted by atomic mass is 19.1. The normalized spacial score (nSPS) is 14.3. The van der Waals surface area contributed by atoms with Crippen LogP contribution < -0.4 is 9.80 Å². The smallest absolute Gasteiger partial charge is 0.180 e. The summed E-state index contributed by atoms with van der Waals surface area (Å²) in [5.41, 5.74) is 6.05. The Balaban J connectivity index is 1.47. The van der Waals surface area contributed by atoms with E-state index in [0.717, 1.165) is 41.1 Å². The summed E-state index contributed by atoms with van der Waals surface area (Å²) in [6.45, 7) is 2.05. The first-order chi connectivity index (χ1) is 16.6. The average molecular weight is 457 g/mol. The summed E-state index contributed by atoms with van der Waals surface area (Å²) in [6, 6.07) is 7.45. The molecule has 1 aliphatic heterocycles. The van der Waals surface area contributed by atoms with E-state index in [1.54, 1.807) is 18.6 Å². The third-order valence-electron chi connectivity index (χ3n) is 6.49. The van der Waals surface area contributed by atoms with Crippen molar-refractivity contribution < 1.29 is 4.39 Å². The molecule has 1 aliphatic rings. The fraction of sp³-hybridized carbons (Fsp3) is 0.280. The zero-order valence-corrected chi connectivity index (χ0v) is 19.1. The highest BCUT2D eigenvalue weighted by Gasteiger charge is 2.20. The quantitative estimate of drug-likeness (QED) is 0.405. The van der Waals surface area contributed by atoms with Crippen LogP contribution in [0.15, 0.2) is 42.9 Å². The van der Waals surface area contributed by atoms with Crippen LogP contribution in [0, 0.1) is 5.82 Å². The van der Waals surface area contributed by atoms with Gasteiger partial charge in [-0.2, -0.15) is 5.10 Å². The van der Waals surface area contributed by atoms with Gasteiger partial charge in [0.15, 0.2) is 17.3 Å². The number of pyridine rings is 2. The highest BCUT2D eigenvalue weighted by molar-refractivity contribution is 5.97. The standard InChI is InChI=1S/C25H25FN8/c1-33(2)17-10-16(13-27-14-17)15-11-18-21(19(26)12-15)31-32-22(18)25-29-23-20(6-7-28-24(23)30-25)34-8-4-3-5-9-34/h6-7,10-14H,3-5,8-9H2,1-2H3,(H,31,32)(H,28,29,30). The summed E-state index contributed by atoms with van der Waals surface area (Å²) in [5, 5.41) is 7.89. The van der Waals surface area contributed by atoms with Crippen molar-refractivity contribution in [2.75, 3.05) is 37.0 Å². The van der Waals surface area contributed by atoms with Crippen LogP contribution in [0.5, 0.6) is 0 Å². The van der Waals surface area contributed by atoms with Crippen molar-refractivity contribution in [3.05, 3.63) is 48.7 Å². The average Bonchev–Trinajstić information content (AvgIpc) is 3.49. The minimum Gasteiger partial charge on any atom is -0.376 e. The highest BCUT2D eigenvalue weighted by Crippen LogP contribution is 2.34. The summed E-state index contributed by atoms with van der Waals surface area (Å²) in [5.74, 6) is 0.194. The predicted molar refractivity (Wildman–Crippen MR) is 133 cm³/mol. The Hall–Kier alpha value is -4.01. The van der Waals surface area contributed by atoms with E-state index < -0.39 is 5.82 Å². The van der Waals surface area contributed by atoms with E-state index in [1.807, 2.05) is 37.2 Å². The molecule has 34 heavy (non-hydrogen) atoms. The number of aromatic amines is 2. The Morgan fingerprint density at radius 2 is 1.88 bits per heavy atom. The SMILES string of the molecule is CN(C)c1cncc(-c2cc(F)c3n[nH]c(-c4nc5nccc(N6CCCCC6)c5[nH]4)c3c2)c1. The number of benzene rings is 1. The number of rotatable bonds is 4. The fourth-order valence-corrected chi connectivity index (χ4v) is 4.67. The third-order valence-corrected chi connectivity index (χ3v) is 6.49. The number of imidazole rings is 1. The molecular formula is C25H25FN8. The Morgan fingerprint density at radius 3 is 2.71 bits per heavy atom. The molecule has 6 rings (SSSR count). The van der Waals surface area contributed by atoms with Gasteiger partial charge < -0.3 is 14.8 Å². The number of fused-ring (bicyclic) bond motifs is 2. The van der Waals surface area contributed by atoms with E-state index >= 15 is 4.39 Å². The van der Waals surface area contributed by atoms with Gasteiger partial charge in [0.05, 0.1) is 17.6 Å². The number of aromatic nitrogens is 6. The van der Waals surface area contributed by atoms with Crippen LogP contribution in [0.1, 0.15) is 19.3 Å². The fourth-order valence-electron chi connectivity index (χ4n) is 4.67. The Labute approximate surface area is 195 Å². The van der Waals surface area contributed by atoms with Crippen LogP contribution in [0.2, 0.25) is 0 Å². The number of hydrogen-bond acceptors (Lipinski definition) is 6. The summed E-state index contributed by atoms with van der Waals surface area (Å²) < 4.78 is 15.1. The summed E-state index contributed by atoms with van der Waals surface area (Å²) in [4.78, 5) is 21.3. The minimum atomic E-state index is -0.395. The van der Waals surface area contributed by atoms with E-state index in [4.69, 9.17) is 4.98 Å². The lowest BCUT2D eigenvalue weighted by Gasteiger charge is -2.28. The van der Waals surface area contributed by atoms with Crippen molar-refractivity contribution in [2.45, 2.75) is 19.3 Å². The van der Waals surface area contributed by atoms with Gasteiger partial charge in [-0.3, -0.25) is 10.1 Å². The number of piperidine rings is 1. The van der Waals surface area contributed by atoms with E-state index in [2.05, 4.69) is 30.0 Å². The molecule has 2 N–H and O–H groups in total. The van der Waals surface area contributed by atoms with Crippen LogP contribution in [0.25, 0.3) is 44.7 Å². The van der Waals surface area contributed by atoms with E-state index in [0.29, 0.717) is 22.6 Å². The van der Waals surface area contributed by atoms with Crippen LogP contribution >= 0.6 is 0 Å². The topological polar surface area (TPSA) is 89.6 Å². The van der Waals surface area contributed by atoms with Crippen LogP contribution in [0.4, 0.5) is 15.8 Å². The van der Waals surface area contributed by atoms with Gasteiger partial charge in [-0.05, 0) is 49.1 Å². The molecule has 0 atom stereocenters. The van der Waals surface area contributed by atoms with Crippen molar-refractivity contribution in [3.8, 4) is 22.6 Å². The van der Waals surface area contributed by atoms with Gasteiger partial charge in [-0.25, -0.2) is 14.4 Å². The Bertz CT molecular complexity index is 1500. The lowest BCUT2D eigenvalue weighted by Crippen LogP contribution is -2.29. The van der Waals surface area contributed by atoms with E-state index in [1.165, 1.54) is 25.3 Å². The molecule has 0 spiro atoms. The molecule has 4 aromatic heterocycles. The molecule has 0 amide bonds. The monoisotopic (exact) mass is 456 g/mol. The molecule has 5 aromatic rings. The first kappa shape index (κ1) is 20.6. The van der Waals surface area contributed by atoms with Gasteiger partial charge in [-0.1, -0.05) is 0 Å². The molecule has 1 fully saturated rings. The largest absolute Gasteiger partial charge is 0.376 e. The maximum Gasteiger partial charge on any atom is 0.180 e. The molecule has 0 saturated carbocycles. The molecule has 0 bridgehead atoms. The molecule has 9 heteroatoms. The molecule has 1 aromatic carbocycles. The second-order valence-electron chi connectivity index (χ2n) is 8.94. The third kappa shape index (κ3) is 3.44. The zero-order chi connectivity index (χ0) is 23.2. The maximum atomic E-state index is 15.1. The first-order valence-electron chi connectivity index (χ1n) is 11.5. The molecule has 0 aliphatic carbocycles. The van der Waals surface area contributed by atoms with Crippen molar-refractivity contribution >= 4 is 33.4 Å². The van der Waals surface area contributed by atoms with Crippen molar-refractivity contribution in [1.82, 2.24) is 30.1 Å². The summed E-state index contributed by atoms with van der Waals surface area (Å²) >= 11 is 0. The van der Waals surface area contributed by atoms with Crippen molar-refractivity contribution in [3.63, 3.8) is 0 Å². The number of nitrogens with one attached hydrogen (secondary N) is 2. The van der Waals surface area contributed by atoms with Crippen LogP contribution in [-0.4, -0.2) is 57.3 Å². The summed E-state index contributed by atoms with van der Waals surface area (Å²) in [6.07, 6.45) is 8.95. The Kier molecular flexibility index (Phi) is 4.90. The molecular weight excluding hydrogens is 431 g/mol. The predicted octanol–water partition coefficient (Wildman–Crippen LogP) is 4.76. The van der Waals surface area contributed by atoms with Gasteiger partial charge in [0.1, 0.15) is 16.7 Å². The van der Waals surface area contributed by atoms with E-state index in [9.17, 15) is 0 Å². The van der Waals surface area contributed by atoms with Crippen molar-refractivity contribution in [2.24, 2.45) is 0 Å². The van der Waals surface area contributed by atoms with Gasteiger partial charge in [-0.15, -0.1) is 0 Å². The zero-order valence-electron chi connectivity index (χ0n) is 19.1. The molecule has 172 valence electrons. The molecule has 0 radical (unpaired) electrons. The Morgan fingerprint density at radius 1 is 1.03 bits per heavy atom. The van der Waals surface area contributed by atoms with Crippen LogP contribution in [-0.2, 0) is 0 Å². The number of halogens is 1. The molecule has 1 saturated heterocycles. The van der Waals surface area contributed by atoms with Gasteiger partial charge in [0.25, 0.3) is 0 Å². The van der Waals surface area contributed by atoms with Gasteiger partial charge in [0, 0.05) is 50.5 Å². The second-order valence-corrected chi connectivity index (χ2v) is 8.94. The maximum absolute atomic E-state index is 15.1. The molecule has 5 heterocycles. The molecule has 0 unspecified atom stereocenters. The first-order valence-corrected chi connectivity index (χ1v) is 11.5. The van der Waals surface area contributed by atoms with Crippen LogP contribution in [0.3, 0.4) is 0 Å². The van der Waals surface area contributed by atoms with E-state index in [-0.39, 0.29) is 5.52 Å². The number of nitrogens with zero attached hydrogens (tertiary/aromatic N) is 6. The number of anilines is 2. The lowest BCUT2D eigenvalue weighted by atomic mass is 10.0. The van der Waals surface area contributed by atoms with Gasteiger partial charge >= 0.3 is 0 Å². The van der Waals surface area contributed by atoms with Gasteiger partial charge in [0.2, 0.25) is 0 Å².